The second kappa shape index (κ2) is 12.2. The first-order valence-electron chi connectivity index (χ1n) is 21.8. The molecule has 0 N–H and O–H groups in total. The van der Waals surface area contributed by atoms with E-state index in [2.05, 4.69) is 24.3 Å². The molecule has 2 aromatic heterocycles. The lowest BCUT2D eigenvalue weighted by molar-refractivity contribution is 0.632. The molecule has 0 aliphatic heterocycles. The lowest BCUT2D eigenvalue weighted by Gasteiger charge is -2.18. The van der Waals surface area contributed by atoms with E-state index >= 15 is 0 Å². The summed E-state index contributed by atoms with van der Waals surface area (Å²) in [4.78, 5) is 0. The third kappa shape index (κ3) is 4.81. The molecule has 9 aromatic carbocycles. The summed E-state index contributed by atoms with van der Waals surface area (Å²) in [7, 11) is 0. The average molecular weight is 697 g/mol. The maximum atomic E-state index is 9.23. The molecule has 0 bridgehead atoms. The normalized spacial score (nSPS) is 13.8. The zero-order valence-electron chi connectivity index (χ0n) is 36.7. The van der Waals surface area contributed by atoms with Crippen LogP contribution in [0.2, 0.25) is 0 Å². The monoisotopic (exact) mass is 696 g/mol. The molecule has 0 aliphatic rings. The fraction of sp³-hybridized carbons (Fsp3) is 0. The van der Waals surface area contributed by atoms with Gasteiger partial charge in [0.1, 0.15) is 22.5 Å². The van der Waals surface area contributed by atoms with Crippen LogP contribution < -0.4 is 0 Å². The Balaban J connectivity index is 1.10. The van der Waals surface area contributed by atoms with Crippen LogP contribution >= 0.6 is 0 Å². The molecule has 54 heavy (non-hydrogen) atoms. The van der Waals surface area contributed by atoms with Gasteiger partial charge in [-0.25, -0.2) is 0 Å². The lowest BCUT2D eigenvalue weighted by atomic mass is 9.86. The van der Waals surface area contributed by atoms with Crippen molar-refractivity contribution < 1.29 is 19.8 Å². The van der Waals surface area contributed by atoms with Crippen molar-refractivity contribution in [2.75, 3.05) is 0 Å². The zero-order valence-corrected chi connectivity index (χ0v) is 28.7. The predicted molar refractivity (Wildman–Crippen MR) is 226 cm³/mol. The first-order chi connectivity index (χ1) is 30.1. The highest BCUT2D eigenvalue weighted by atomic mass is 16.3. The van der Waals surface area contributed by atoms with Crippen molar-refractivity contribution in [2.45, 2.75) is 0 Å². The summed E-state index contributed by atoms with van der Waals surface area (Å²) in [6.07, 6.45) is 0. The zero-order chi connectivity index (χ0) is 42.6. The van der Waals surface area contributed by atoms with Crippen molar-refractivity contribution in [2.24, 2.45) is 0 Å². The minimum Gasteiger partial charge on any atom is -0.456 e. The molecule has 2 heterocycles. The summed E-state index contributed by atoms with van der Waals surface area (Å²) >= 11 is 0. The standard InChI is InChI=1S/C52H32O2/c1-4-14-34(15-5-1)49-39-20-10-12-22-41(39)50(42-23-13-11-21-40(42)49)36-26-24-33(25-27-36)38-28-29-46-43(30-38)44-31-48-45(32-47(44)53-46)51(35-16-6-2-7-17-35)52(54-48)37-18-8-3-9-19-37/h1-32H/i10D,11D,12D,13D,20D,21D,22D,23D. The lowest BCUT2D eigenvalue weighted by Crippen LogP contribution is -1.90. The van der Waals surface area contributed by atoms with Gasteiger partial charge in [0.15, 0.2) is 0 Å². The van der Waals surface area contributed by atoms with E-state index < -0.39 is 24.2 Å². The van der Waals surface area contributed by atoms with Gasteiger partial charge in [-0.15, -0.1) is 0 Å². The van der Waals surface area contributed by atoms with Crippen LogP contribution in [0.15, 0.2) is 203 Å². The molecule has 11 aromatic rings. The molecule has 2 heteroatoms. The molecule has 11 rings (SSSR count). The van der Waals surface area contributed by atoms with Crippen molar-refractivity contribution in [3.8, 4) is 55.8 Å². The summed E-state index contributed by atoms with van der Waals surface area (Å²) in [5.74, 6) is 0.783. The Morgan fingerprint density at radius 3 is 1.30 bits per heavy atom. The number of benzene rings is 9. The number of hydrogen-bond acceptors (Lipinski definition) is 2. The van der Waals surface area contributed by atoms with Crippen LogP contribution in [-0.2, 0) is 0 Å². The van der Waals surface area contributed by atoms with E-state index in [-0.39, 0.29) is 45.7 Å². The minimum absolute atomic E-state index is 0.182. The molecular weight excluding hydrogens is 657 g/mol. The van der Waals surface area contributed by atoms with E-state index in [0.717, 1.165) is 66.5 Å². The highest BCUT2D eigenvalue weighted by Crippen LogP contribution is 2.46. The quantitative estimate of drug-likeness (QED) is 0.167. The van der Waals surface area contributed by atoms with Crippen LogP contribution in [0.1, 0.15) is 11.0 Å². The van der Waals surface area contributed by atoms with Gasteiger partial charge in [0.05, 0.1) is 11.0 Å². The number of fused-ring (bicyclic) bond motifs is 6. The van der Waals surface area contributed by atoms with Crippen molar-refractivity contribution >= 4 is 54.5 Å². The van der Waals surface area contributed by atoms with Crippen LogP contribution in [0.3, 0.4) is 0 Å². The van der Waals surface area contributed by atoms with Crippen LogP contribution in [0.5, 0.6) is 0 Å². The fourth-order valence-corrected chi connectivity index (χ4v) is 7.87. The van der Waals surface area contributed by atoms with Crippen molar-refractivity contribution in [3.63, 3.8) is 0 Å². The van der Waals surface area contributed by atoms with Gasteiger partial charge in [-0.3, -0.25) is 0 Å². The van der Waals surface area contributed by atoms with Gasteiger partial charge in [0, 0.05) is 27.3 Å². The number of furan rings is 2. The molecule has 0 fully saturated rings. The Hall–Kier alpha value is -7.16. The summed E-state index contributed by atoms with van der Waals surface area (Å²) < 4.78 is 84.7. The van der Waals surface area contributed by atoms with E-state index in [4.69, 9.17) is 17.1 Å². The maximum Gasteiger partial charge on any atom is 0.143 e. The van der Waals surface area contributed by atoms with Crippen molar-refractivity contribution in [3.05, 3.63) is 194 Å². The molecular formula is C52H32O2. The molecule has 0 saturated carbocycles. The largest absolute Gasteiger partial charge is 0.456 e. The van der Waals surface area contributed by atoms with Gasteiger partial charge in [0.2, 0.25) is 0 Å². The molecule has 0 saturated heterocycles. The fourth-order valence-electron chi connectivity index (χ4n) is 7.87. The van der Waals surface area contributed by atoms with E-state index in [0.29, 0.717) is 22.3 Å². The van der Waals surface area contributed by atoms with Gasteiger partial charge in [-0.1, -0.05) is 170 Å². The summed E-state index contributed by atoms with van der Waals surface area (Å²) in [6, 6.07) is 44.0. The maximum absolute atomic E-state index is 9.23. The van der Waals surface area contributed by atoms with Crippen LogP contribution in [0.4, 0.5) is 0 Å². The van der Waals surface area contributed by atoms with Crippen LogP contribution in [-0.4, -0.2) is 0 Å². The Labute approximate surface area is 323 Å². The molecule has 252 valence electrons. The first kappa shape index (κ1) is 23.4. The molecule has 0 amide bonds. The Morgan fingerprint density at radius 2 is 0.722 bits per heavy atom. The summed E-state index contributed by atoms with van der Waals surface area (Å²) in [5.41, 5.74) is 8.71. The van der Waals surface area contributed by atoms with E-state index in [9.17, 15) is 2.74 Å². The smallest absolute Gasteiger partial charge is 0.143 e. The third-order valence-corrected chi connectivity index (χ3v) is 10.3. The Bertz CT molecular complexity index is 3560. The molecule has 0 radical (unpaired) electrons. The van der Waals surface area contributed by atoms with Gasteiger partial charge in [-0.2, -0.15) is 0 Å². The van der Waals surface area contributed by atoms with E-state index in [1.807, 2.05) is 97.1 Å². The summed E-state index contributed by atoms with van der Waals surface area (Å²) in [6.45, 7) is 0. The van der Waals surface area contributed by atoms with Crippen molar-refractivity contribution in [1.82, 2.24) is 0 Å². The average Bonchev–Trinajstić information content (AvgIpc) is 3.87. The van der Waals surface area contributed by atoms with Crippen molar-refractivity contribution in [1.29, 1.82) is 0 Å². The molecule has 0 aliphatic carbocycles. The minimum atomic E-state index is -0.431. The van der Waals surface area contributed by atoms with Gasteiger partial charge < -0.3 is 8.83 Å². The van der Waals surface area contributed by atoms with Crippen LogP contribution in [0.25, 0.3) is 110 Å². The van der Waals surface area contributed by atoms with E-state index in [1.165, 1.54) is 0 Å². The van der Waals surface area contributed by atoms with E-state index in [1.54, 1.807) is 24.3 Å². The highest BCUT2D eigenvalue weighted by Gasteiger charge is 2.21. The van der Waals surface area contributed by atoms with Gasteiger partial charge in [-0.05, 0) is 84.8 Å². The molecule has 0 unspecified atom stereocenters. The third-order valence-electron chi connectivity index (χ3n) is 10.3. The predicted octanol–water partition coefficient (Wildman–Crippen LogP) is 15.0. The topological polar surface area (TPSA) is 26.3 Å². The summed E-state index contributed by atoms with van der Waals surface area (Å²) in [5, 5.41) is 3.50. The van der Waals surface area contributed by atoms with Crippen LogP contribution in [0, 0.1) is 0 Å². The SMILES string of the molecule is [2H]c1c([2H])c([2H])c2c(-c3ccc(-c4ccc5oc6cc7c(-c8ccccc8)c(-c8ccccc8)oc7cc6c5c4)cc3)c3c([2H])c([2H])c([2H])c([2H])c3c(-c3ccccc3)c2c1[2H]. The second-order valence-corrected chi connectivity index (χ2v) is 13.4. The van der Waals surface area contributed by atoms with Gasteiger partial charge in [0.25, 0.3) is 0 Å². The highest BCUT2D eigenvalue weighted by molar-refractivity contribution is 6.21. The second-order valence-electron chi connectivity index (χ2n) is 13.4. The molecule has 0 atom stereocenters. The molecule has 0 spiro atoms. The Kier molecular flexibility index (Phi) is 5.30. The first-order valence-corrected chi connectivity index (χ1v) is 17.8. The number of hydrogen-bond donors (Lipinski definition) is 0. The number of rotatable bonds is 5. The Morgan fingerprint density at radius 1 is 0.296 bits per heavy atom. The van der Waals surface area contributed by atoms with Gasteiger partial charge >= 0.3 is 0 Å². The molecule has 2 nitrogen and oxygen atoms in total.